The van der Waals surface area contributed by atoms with Crippen LogP contribution in [0.15, 0.2) is 12.7 Å². The van der Waals surface area contributed by atoms with Crippen LogP contribution in [0.2, 0.25) is 0 Å². The summed E-state index contributed by atoms with van der Waals surface area (Å²) in [7, 11) is 0. The second kappa shape index (κ2) is 17.2. The Labute approximate surface area is 191 Å². The molecule has 0 radical (unpaired) electrons. The summed E-state index contributed by atoms with van der Waals surface area (Å²) in [6, 6.07) is 2.27. The van der Waals surface area contributed by atoms with Crippen LogP contribution in [0.25, 0.3) is 0 Å². The van der Waals surface area contributed by atoms with E-state index in [1.54, 1.807) is 0 Å². The summed E-state index contributed by atoms with van der Waals surface area (Å²) < 4.78 is 0. The van der Waals surface area contributed by atoms with Crippen LogP contribution in [0.5, 0.6) is 0 Å². The van der Waals surface area contributed by atoms with Crippen molar-refractivity contribution in [1.29, 1.82) is 0 Å². The third-order valence-corrected chi connectivity index (χ3v) is 6.62. The summed E-state index contributed by atoms with van der Waals surface area (Å²) in [6.45, 7) is 25.3. The number of rotatable bonds is 19. The van der Waals surface area contributed by atoms with Gasteiger partial charge in [0.15, 0.2) is 0 Å². The Balaban J connectivity index is 4.75. The molecule has 0 bridgehead atoms. The molecule has 180 valence electrons. The van der Waals surface area contributed by atoms with Crippen LogP contribution in [0.1, 0.15) is 133 Å². The second-order valence-electron chi connectivity index (χ2n) is 10.6. The molecule has 0 fully saturated rings. The van der Waals surface area contributed by atoms with E-state index in [-0.39, 0.29) is 0 Å². The van der Waals surface area contributed by atoms with Crippen molar-refractivity contribution in [3.63, 3.8) is 0 Å². The first-order valence-electron chi connectivity index (χ1n) is 13.3. The van der Waals surface area contributed by atoms with Gasteiger partial charge in [-0.25, -0.2) is 0 Å². The standard InChI is InChI=1S/C28H58N2/c1-11-13-14-15-16-17-18-20-27(12-2)21-19-22-28(29(23(3)4)24(5)6)30(25(7)8)26(9)10/h12,23-28H,2,11,13-22H2,1,3-10H3. The SMILES string of the molecule is C=CC(CCCCCCCCC)CCCC(N(C(C)C)C(C)C)N(C(C)C)C(C)C. The van der Waals surface area contributed by atoms with Gasteiger partial charge < -0.3 is 0 Å². The quantitative estimate of drug-likeness (QED) is 0.117. The van der Waals surface area contributed by atoms with Gasteiger partial charge in [-0.2, -0.15) is 0 Å². The number of hydrogen-bond donors (Lipinski definition) is 0. The molecule has 1 atom stereocenters. The average Bonchev–Trinajstić information content (AvgIpc) is 2.64. The molecule has 0 saturated carbocycles. The van der Waals surface area contributed by atoms with E-state index >= 15 is 0 Å². The maximum Gasteiger partial charge on any atom is 0.0631 e. The fraction of sp³-hybridized carbons (Fsp3) is 0.929. The highest BCUT2D eigenvalue weighted by molar-refractivity contribution is 4.84. The number of hydrogen-bond acceptors (Lipinski definition) is 2. The Kier molecular flexibility index (Phi) is 17.0. The zero-order valence-corrected chi connectivity index (χ0v) is 22.4. The normalized spacial score (nSPS) is 13.7. The van der Waals surface area contributed by atoms with Gasteiger partial charge in [0, 0.05) is 24.2 Å². The Morgan fingerprint density at radius 2 is 0.967 bits per heavy atom. The molecule has 0 amide bonds. The summed E-state index contributed by atoms with van der Waals surface area (Å²) in [6.07, 6.45) is 17.7. The fourth-order valence-corrected chi connectivity index (χ4v) is 5.33. The van der Waals surface area contributed by atoms with Crippen molar-refractivity contribution in [2.45, 2.75) is 163 Å². The fourth-order valence-electron chi connectivity index (χ4n) is 5.33. The summed E-state index contributed by atoms with van der Waals surface area (Å²) in [5.74, 6) is 0.694. The molecule has 0 aliphatic heterocycles. The van der Waals surface area contributed by atoms with Gasteiger partial charge >= 0.3 is 0 Å². The molecule has 0 saturated heterocycles. The van der Waals surface area contributed by atoms with Gasteiger partial charge in [0.25, 0.3) is 0 Å². The molecule has 2 nitrogen and oxygen atoms in total. The molecule has 0 aromatic carbocycles. The molecule has 0 aliphatic carbocycles. The van der Waals surface area contributed by atoms with E-state index in [9.17, 15) is 0 Å². The summed E-state index contributed by atoms with van der Waals surface area (Å²) >= 11 is 0. The molecule has 0 aromatic rings. The van der Waals surface area contributed by atoms with Crippen LogP contribution in [-0.2, 0) is 0 Å². The van der Waals surface area contributed by atoms with Gasteiger partial charge in [-0.3, -0.25) is 9.80 Å². The van der Waals surface area contributed by atoms with Crippen LogP contribution in [0, 0.1) is 5.92 Å². The molecule has 1 unspecified atom stereocenters. The zero-order chi connectivity index (χ0) is 23.1. The highest BCUT2D eigenvalue weighted by Gasteiger charge is 2.31. The highest BCUT2D eigenvalue weighted by Crippen LogP contribution is 2.26. The van der Waals surface area contributed by atoms with Crippen LogP contribution in [-0.4, -0.2) is 40.1 Å². The Morgan fingerprint density at radius 3 is 1.37 bits per heavy atom. The van der Waals surface area contributed by atoms with Crippen molar-refractivity contribution < 1.29 is 0 Å². The first-order chi connectivity index (χ1) is 14.2. The minimum atomic E-state index is 0.522. The number of unbranched alkanes of at least 4 members (excludes halogenated alkanes) is 6. The average molecular weight is 423 g/mol. The lowest BCUT2D eigenvalue weighted by atomic mass is 9.94. The van der Waals surface area contributed by atoms with E-state index in [0.29, 0.717) is 36.3 Å². The largest absolute Gasteiger partial charge is 0.283 e. The highest BCUT2D eigenvalue weighted by atomic mass is 15.4. The molecular weight excluding hydrogens is 364 g/mol. The Bertz CT molecular complexity index is 363. The summed E-state index contributed by atoms with van der Waals surface area (Å²) in [4.78, 5) is 5.47. The first-order valence-corrected chi connectivity index (χ1v) is 13.3. The molecule has 0 N–H and O–H groups in total. The van der Waals surface area contributed by atoms with Crippen LogP contribution >= 0.6 is 0 Å². The van der Waals surface area contributed by atoms with Gasteiger partial charge in [0.1, 0.15) is 0 Å². The molecule has 0 spiro atoms. The maximum absolute atomic E-state index is 4.16. The van der Waals surface area contributed by atoms with Gasteiger partial charge in [0.2, 0.25) is 0 Å². The summed E-state index contributed by atoms with van der Waals surface area (Å²) in [5.41, 5.74) is 0. The van der Waals surface area contributed by atoms with Crippen molar-refractivity contribution in [1.82, 2.24) is 9.80 Å². The molecule has 0 heterocycles. The van der Waals surface area contributed by atoms with E-state index in [1.807, 2.05) is 0 Å². The first kappa shape index (κ1) is 29.7. The van der Waals surface area contributed by atoms with Crippen molar-refractivity contribution in [2.75, 3.05) is 0 Å². The van der Waals surface area contributed by atoms with E-state index < -0.39 is 0 Å². The van der Waals surface area contributed by atoms with Crippen LogP contribution in [0.4, 0.5) is 0 Å². The lowest BCUT2D eigenvalue weighted by molar-refractivity contribution is -0.0406. The lowest BCUT2D eigenvalue weighted by Crippen LogP contribution is -2.57. The van der Waals surface area contributed by atoms with E-state index in [0.717, 1.165) is 0 Å². The van der Waals surface area contributed by atoms with Gasteiger partial charge in [-0.05, 0) is 87.0 Å². The smallest absolute Gasteiger partial charge is 0.0631 e. The van der Waals surface area contributed by atoms with Crippen LogP contribution < -0.4 is 0 Å². The molecule has 0 aromatic heterocycles. The Morgan fingerprint density at radius 1 is 0.567 bits per heavy atom. The van der Waals surface area contributed by atoms with Crippen molar-refractivity contribution in [3.8, 4) is 0 Å². The third-order valence-electron chi connectivity index (χ3n) is 6.62. The molecular formula is C28H58N2. The predicted octanol–water partition coefficient (Wildman–Crippen LogP) is 8.66. The second-order valence-corrected chi connectivity index (χ2v) is 10.6. The zero-order valence-electron chi connectivity index (χ0n) is 22.4. The predicted molar refractivity (Wildman–Crippen MR) is 138 cm³/mol. The van der Waals surface area contributed by atoms with E-state index in [4.69, 9.17) is 0 Å². The molecule has 2 heteroatoms. The summed E-state index contributed by atoms with van der Waals surface area (Å²) in [5, 5.41) is 0. The minimum Gasteiger partial charge on any atom is -0.283 e. The van der Waals surface area contributed by atoms with Gasteiger partial charge in [-0.1, -0.05) is 57.9 Å². The molecule has 30 heavy (non-hydrogen) atoms. The van der Waals surface area contributed by atoms with E-state index in [2.05, 4.69) is 84.8 Å². The monoisotopic (exact) mass is 422 g/mol. The Hall–Kier alpha value is -0.340. The van der Waals surface area contributed by atoms with Crippen molar-refractivity contribution >= 4 is 0 Å². The lowest BCUT2D eigenvalue weighted by Gasteiger charge is -2.48. The number of allylic oxidation sites excluding steroid dienone is 1. The van der Waals surface area contributed by atoms with E-state index in [1.165, 1.54) is 70.6 Å². The minimum absolute atomic E-state index is 0.522. The van der Waals surface area contributed by atoms with Gasteiger partial charge in [-0.15, -0.1) is 6.58 Å². The third kappa shape index (κ3) is 11.9. The molecule has 0 aliphatic rings. The van der Waals surface area contributed by atoms with Crippen molar-refractivity contribution in [2.24, 2.45) is 5.92 Å². The topological polar surface area (TPSA) is 6.48 Å². The van der Waals surface area contributed by atoms with Crippen molar-refractivity contribution in [3.05, 3.63) is 12.7 Å². The number of nitrogens with zero attached hydrogens (tertiary/aromatic N) is 2. The van der Waals surface area contributed by atoms with Gasteiger partial charge in [0.05, 0.1) is 6.17 Å². The molecule has 0 rings (SSSR count). The maximum atomic E-state index is 4.16. The van der Waals surface area contributed by atoms with Crippen LogP contribution in [0.3, 0.4) is 0 Å².